The van der Waals surface area contributed by atoms with Crippen LogP contribution >= 0.6 is 0 Å². The van der Waals surface area contributed by atoms with Crippen LogP contribution in [0.4, 0.5) is 0 Å². The molecule has 0 aromatic heterocycles. The van der Waals surface area contributed by atoms with E-state index in [0.717, 1.165) is 0 Å². The van der Waals surface area contributed by atoms with Gasteiger partial charge in [-0.2, -0.15) is 0 Å². The first-order chi connectivity index (χ1) is 9.42. The van der Waals surface area contributed by atoms with Crippen LogP contribution in [0.5, 0.6) is 5.75 Å². The molecular formula is C12H19N3O4S. The van der Waals surface area contributed by atoms with Crippen molar-refractivity contribution in [2.75, 3.05) is 27.2 Å². The summed E-state index contributed by atoms with van der Waals surface area (Å²) in [6, 6.07) is 3.98. The molecular weight excluding hydrogens is 282 g/mol. The first-order valence-electron chi connectivity index (χ1n) is 6.04. The zero-order valence-electron chi connectivity index (χ0n) is 11.5. The molecule has 1 aromatic rings. The molecule has 8 heteroatoms. The number of rotatable bonds is 8. The quantitative estimate of drug-likeness (QED) is 0.570. The Kier molecular flexibility index (Phi) is 5.93. The molecule has 0 aliphatic carbocycles. The van der Waals surface area contributed by atoms with E-state index in [1.54, 1.807) is 7.05 Å². The van der Waals surface area contributed by atoms with Gasteiger partial charge in [0.2, 0.25) is 10.0 Å². The number of carbonyl (C=O) groups is 1. The molecule has 1 amide bonds. The van der Waals surface area contributed by atoms with E-state index in [4.69, 9.17) is 10.5 Å². The van der Waals surface area contributed by atoms with Gasteiger partial charge in [-0.05, 0) is 38.2 Å². The highest BCUT2D eigenvalue weighted by Gasteiger charge is 2.18. The van der Waals surface area contributed by atoms with Gasteiger partial charge in [0.15, 0.2) is 0 Å². The van der Waals surface area contributed by atoms with Crippen molar-refractivity contribution in [3.05, 3.63) is 23.8 Å². The lowest BCUT2D eigenvalue weighted by Gasteiger charge is -2.10. The Morgan fingerprint density at radius 1 is 1.35 bits per heavy atom. The molecule has 0 aliphatic rings. The highest BCUT2D eigenvalue weighted by molar-refractivity contribution is 7.89. The van der Waals surface area contributed by atoms with Gasteiger partial charge in [-0.15, -0.1) is 0 Å². The minimum absolute atomic E-state index is 0.0171. The van der Waals surface area contributed by atoms with Gasteiger partial charge >= 0.3 is 0 Å². The summed E-state index contributed by atoms with van der Waals surface area (Å²) in [6.45, 7) is 1.01. The molecule has 0 heterocycles. The van der Waals surface area contributed by atoms with E-state index in [-0.39, 0.29) is 16.2 Å². The molecule has 112 valence electrons. The van der Waals surface area contributed by atoms with Gasteiger partial charge in [0, 0.05) is 6.54 Å². The molecule has 0 atom stereocenters. The number of hydrogen-bond donors (Lipinski definition) is 3. The van der Waals surface area contributed by atoms with Crippen molar-refractivity contribution in [3.63, 3.8) is 0 Å². The minimum atomic E-state index is -3.66. The number of benzene rings is 1. The zero-order chi connectivity index (χ0) is 15.2. The fraction of sp³-hybridized carbons (Fsp3) is 0.417. The average molecular weight is 301 g/mol. The van der Waals surface area contributed by atoms with Crippen molar-refractivity contribution in [2.24, 2.45) is 5.73 Å². The van der Waals surface area contributed by atoms with Crippen LogP contribution in [-0.2, 0) is 10.0 Å². The maximum absolute atomic E-state index is 12.0. The molecule has 0 spiro atoms. The van der Waals surface area contributed by atoms with Crippen molar-refractivity contribution in [3.8, 4) is 5.75 Å². The predicted molar refractivity (Wildman–Crippen MR) is 75.2 cm³/mol. The van der Waals surface area contributed by atoms with Crippen molar-refractivity contribution in [2.45, 2.75) is 11.3 Å². The van der Waals surface area contributed by atoms with Gasteiger partial charge in [0.05, 0.1) is 17.6 Å². The Morgan fingerprint density at radius 2 is 2.05 bits per heavy atom. The largest absolute Gasteiger partial charge is 0.496 e. The fourth-order valence-electron chi connectivity index (χ4n) is 1.60. The summed E-state index contributed by atoms with van der Waals surface area (Å²) in [4.78, 5) is 11.3. The summed E-state index contributed by atoms with van der Waals surface area (Å²) in [5.41, 5.74) is 5.23. The second-order valence-electron chi connectivity index (χ2n) is 4.08. The van der Waals surface area contributed by atoms with Crippen molar-refractivity contribution >= 4 is 15.9 Å². The van der Waals surface area contributed by atoms with Crippen LogP contribution in [0.1, 0.15) is 16.8 Å². The Labute approximate surface area is 118 Å². The Bertz CT molecular complexity index is 572. The lowest BCUT2D eigenvalue weighted by Crippen LogP contribution is -2.27. The lowest BCUT2D eigenvalue weighted by atomic mass is 10.2. The molecule has 0 fully saturated rings. The number of carbonyl (C=O) groups excluding carboxylic acids is 1. The average Bonchev–Trinajstić information content (AvgIpc) is 2.42. The predicted octanol–water partition coefficient (Wildman–Crippen LogP) is -0.318. The first kappa shape index (κ1) is 16.4. The van der Waals surface area contributed by atoms with Gasteiger partial charge in [-0.3, -0.25) is 4.79 Å². The number of hydrogen-bond acceptors (Lipinski definition) is 5. The first-order valence-corrected chi connectivity index (χ1v) is 7.53. The van der Waals surface area contributed by atoms with Crippen LogP contribution < -0.4 is 20.5 Å². The summed E-state index contributed by atoms with van der Waals surface area (Å²) in [7, 11) is -0.493. The number of methoxy groups -OCH3 is 1. The summed E-state index contributed by atoms with van der Waals surface area (Å²) < 4.78 is 31.5. The Balaban J connectivity index is 2.95. The standard InChI is InChI=1S/C12H19N3O4S/c1-14-6-3-7-15-20(17,18)9-4-5-11(19-2)10(8-9)12(13)16/h4-5,8,14-15H,3,6-7H2,1-2H3,(H2,13,16). The van der Waals surface area contributed by atoms with E-state index in [2.05, 4.69) is 10.0 Å². The number of primary amides is 1. The zero-order valence-corrected chi connectivity index (χ0v) is 12.3. The molecule has 1 aromatic carbocycles. The van der Waals surface area contributed by atoms with Gasteiger partial charge in [-0.25, -0.2) is 13.1 Å². The Hall–Kier alpha value is -1.64. The van der Waals surface area contributed by atoms with E-state index < -0.39 is 15.9 Å². The summed E-state index contributed by atoms with van der Waals surface area (Å²) in [6.07, 6.45) is 0.661. The third-order valence-electron chi connectivity index (χ3n) is 2.64. The number of nitrogens with two attached hydrogens (primary N) is 1. The molecule has 0 bridgehead atoms. The summed E-state index contributed by atoms with van der Waals surface area (Å²) in [5.74, 6) is -0.499. The van der Waals surface area contributed by atoms with Crippen LogP contribution in [0.3, 0.4) is 0 Å². The van der Waals surface area contributed by atoms with Gasteiger partial charge in [0.25, 0.3) is 5.91 Å². The van der Waals surface area contributed by atoms with E-state index in [9.17, 15) is 13.2 Å². The monoisotopic (exact) mass is 301 g/mol. The highest BCUT2D eigenvalue weighted by Crippen LogP contribution is 2.21. The second kappa shape index (κ2) is 7.22. The van der Waals surface area contributed by atoms with Crippen molar-refractivity contribution in [1.29, 1.82) is 0 Å². The highest BCUT2D eigenvalue weighted by atomic mass is 32.2. The topological polar surface area (TPSA) is 111 Å². The molecule has 4 N–H and O–H groups in total. The van der Waals surface area contributed by atoms with Crippen LogP contribution in [0.15, 0.2) is 23.1 Å². The van der Waals surface area contributed by atoms with Crippen LogP contribution in [0.25, 0.3) is 0 Å². The molecule has 0 unspecified atom stereocenters. The number of nitrogens with one attached hydrogen (secondary N) is 2. The Morgan fingerprint density at radius 3 is 2.60 bits per heavy atom. The van der Waals surface area contributed by atoms with E-state index in [0.29, 0.717) is 19.5 Å². The molecule has 0 saturated carbocycles. The normalized spacial score (nSPS) is 11.3. The summed E-state index contributed by atoms with van der Waals surface area (Å²) in [5, 5.41) is 2.92. The minimum Gasteiger partial charge on any atom is -0.496 e. The molecule has 0 radical (unpaired) electrons. The van der Waals surface area contributed by atoms with Crippen LogP contribution in [0.2, 0.25) is 0 Å². The van der Waals surface area contributed by atoms with E-state index >= 15 is 0 Å². The maximum atomic E-state index is 12.0. The molecule has 0 saturated heterocycles. The third kappa shape index (κ3) is 4.19. The van der Waals surface area contributed by atoms with Gasteiger partial charge in [0.1, 0.15) is 5.75 Å². The molecule has 7 nitrogen and oxygen atoms in total. The van der Waals surface area contributed by atoms with Crippen molar-refractivity contribution in [1.82, 2.24) is 10.0 Å². The molecule has 20 heavy (non-hydrogen) atoms. The van der Waals surface area contributed by atoms with Gasteiger partial charge in [-0.1, -0.05) is 0 Å². The fourth-order valence-corrected chi connectivity index (χ4v) is 2.70. The van der Waals surface area contributed by atoms with E-state index in [1.807, 2.05) is 0 Å². The van der Waals surface area contributed by atoms with Crippen LogP contribution in [-0.4, -0.2) is 41.6 Å². The SMILES string of the molecule is CNCCCNS(=O)(=O)c1ccc(OC)c(C(N)=O)c1. The lowest BCUT2D eigenvalue weighted by molar-refractivity contribution is 0.0997. The third-order valence-corrected chi connectivity index (χ3v) is 4.10. The number of amides is 1. The smallest absolute Gasteiger partial charge is 0.252 e. The van der Waals surface area contributed by atoms with E-state index in [1.165, 1.54) is 25.3 Å². The van der Waals surface area contributed by atoms with Gasteiger partial charge < -0.3 is 15.8 Å². The maximum Gasteiger partial charge on any atom is 0.252 e. The second-order valence-corrected chi connectivity index (χ2v) is 5.85. The number of sulfonamides is 1. The molecule has 0 aliphatic heterocycles. The summed E-state index contributed by atoms with van der Waals surface area (Å²) >= 11 is 0. The molecule has 1 rings (SSSR count). The van der Waals surface area contributed by atoms with Crippen LogP contribution in [0, 0.1) is 0 Å². The van der Waals surface area contributed by atoms with Crippen molar-refractivity contribution < 1.29 is 17.9 Å². The number of ether oxygens (including phenoxy) is 1.